The number of anilines is 5. The van der Waals surface area contributed by atoms with Crippen LogP contribution in [0.15, 0.2) is 144 Å². The second kappa shape index (κ2) is 14.9. The molecule has 1 atom stereocenters. The van der Waals surface area contributed by atoms with Crippen molar-refractivity contribution in [1.29, 1.82) is 5.26 Å². The van der Waals surface area contributed by atoms with Gasteiger partial charge in [-0.15, -0.1) is 0 Å². The molecule has 0 N–H and O–H groups in total. The van der Waals surface area contributed by atoms with Crippen LogP contribution < -0.4 is 9.80 Å². The number of aryl methyl sites for hydroxylation is 2. The molecule has 0 saturated heterocycles. The second-order valence-electron chi connectivity index (χ2n) is 19.0. The molecule has 0 bridgehead atoms. The summed E-state index contributed by atoms with van der Waals surface area (Å²) < 4.78 is 0. The molecule has 7 aromatic rings. The Morgan fingerprint density at radius 2 is 1.03 bits per heavy atom. The van der Waals surface area contributed by atoms with Gasteiger partial charge in [0.25, 0.3) is 0 Å². The van der Waals surface area contributed by atoms with Crippen LogP contribution in [0.4, 0.5) is 28.4 Å². The van der Waals surface area contributed by atoms with Gasteiger partial charge in [0.05, 0.1) is 23.0 Å². The summed E-state index contributed by atoms with van der Waals surface area (Å²) in [7, 11) is 0. The molecule has 0 fully saturated rings. The average Bonchev–Trinajstić information content (AvgIpc) is 3.21. The van der Waals surface area contributed by atoms with Gasteiger partial charge in [-0.3, -0.25) is 0 Å². The van der Waals surface area contributed by atoms with Crippen LogP contribution >= 0.6 is 0 Å². The zero-order chi connectivity index (χ0) is 42.0. The fourth-order valence-electron chi connectivity index (χ4n) is 8.84. The maximum atomic E-state index is 10.4. The van der Waals surface area contributed by atoms with E-state index < -0.39 is 0 Å². The Morgan fingerprint density at radius 1 is 0.525 bits per heavy atom. The summed E-state index contributed by atoms with van der Waals surface area (Å²) in [5.41, 5.74) is 15.5. The van der Waals surface area contributed by atoms with Gasteiger partial charge in [0.15, 0.2) is 0 Å². The molecule has 0 spiro atoms. The summed E-state index contributed by atoms with van der Waals surface area (Å²) in [4.78, 5) is 4.92. The van der Waals surface area contributed by atoms with E-state index in [0.717, 1.165) is 56.4 Å². The number of benzene rings is 7. The first kappa shape index (κ1) is 39.7. The largest absolute Gasteiger partial charge is 0.313 e. The van der Waals surface area contributed by atoms with E-state index in [1.54, 1.807) is 0 Å². The fourth-order valence-corrected chi connectivity index (χ4v) is 8.84. The van der Waals surface area contributed by atoms with Crippen LogP contribution in [0.5, 0.6) is 0 Å². The number of nitriles is 1. The maximum absolute atomic E-state index is 10.4. The molecule has 7 aromatic carbocycles. The summed E-state index contributed by atoms with van der Waals surface area (Å²) in [6, 6.07) is 47.4. The van der Waals surface area contributed by atoms with Crippen LogP contribution in [0.2, 0.25) is 0 Å². The van der Waals surface area contributed by atoms with Gasteiger partial charge >= 0.3 is 0 Å². The van der Waals surface area contributed by atoms with Crippen molar-refractivity contribution in [3.8, 4) is 6.07 Å². The van der Waals surface area contributed by atoms with Crippen LogP contribution in [-0.2, 0) is 10.8 Å². The van der Waals surface area contributed by atoms with Gasteiger partial charge < -0.3 is 9.80 Å². The topological polar surface area (TPSA) is 30.3 Å². The zero-order valence-corrected chi connectivity index (χ0v) is 36.8. The first-order chi connectivity index (χ1) is 28.0. The van der Waals surface area contributed by atoms with Crippen LogP contribution in [0, 0.1) is 31.1 Å². The third-order valence-corrected chi connectivity index (χ3v) is 12.7. The minimum absolute atomic E-state index is 0.0380. The van der Waals surface area contributed by atoms with Gasteiger partial charge in [-0.25, -0.2) is 0 Å². The van der Waals surface area contributed by atoms with E-state index >= 15 is 0 Å². The lowest BCUT2D eigenvalue weighted by Gasteiger charge is -2.36. The predicted molar refractivity (Wildman–Crippen MR) is 254 cm³/mol. The third-order valence-electron chi connectivity index (χ3n) is 12.7. The highest BCUT2D eigenvalue weighted by Gasteiger charge is 2.28. The minimum atomic E-state index is 0.0380. The van der Waals surface area contributed by atoms with Crippen LogP contribution in [0.25, 0.3) is 32.3 Å². The molecule has 0 amide bonds. The van der Waals surface area contributed by atoms with Gasteiger partial charge in [0.2, 0.25) is 0 Å². The number of fused-ring (bicyclic) bond motifs is 5. The Labute approximate surface area is 351 Å². The molecule has 3 heteroatoms. The van der Waals surface area contributed by atoms with Crippen molar-refractivity contribution >= 4 is 60.8 Å². The molecule has 1 unspecified atom stereocenters. The monoisotopic (exact) mass is 771 g/mol. The van der Waals surface area contributed by atoms with E-state index in [2.05, 4.69) is 213 Å². The van der Waals surface area contributed by atoms with Crippen molar-refractivity contribution in [2.45, 2.75) is 93.4 Å². The van der Waals surface area contributed by atoms with E-state index in [9.17, 15) is 5.26 Å². The molecule has 0 heterocycles. The molecule has 0 aromatic heterocycles. The summed E-state index contributed by atoms with van der Waals surface area (Å²) in [6.07, 6.45) is 3.41. The number of hydrogen-bond donors (Lipinski definition) is 0. The van der Waals surface area contributed by atoms with Gasteiger partial charge in [-0.2, -0.15) is 5.26 Å². The van der Waals surface area contributed by atoms with Crippen molar-refractivity contribution < 1.29 is 0 Å². The standard InChI is InChI=1S/C56H57N3/c1-35-16-22-45(29-37(35)3)58(43-23-18-41(19-24-43)55(6,7)8)53-33-51-49-31-40(34-57)17-27-48(49)54(32-50(51)46-14-12-13-15-47(46)53)59(52-30-38(4)36(2)28-39(52)5)44-25-20-42(21-26-44)56(9,10)11/h12-27,29-33,39H,28H2,1-11H3. The van der Waals surface area contributed by atoms with Gasteiger partial charge in [-0.05, 0) is 155 Å². The Morgan fingerprint density at radius 3 is 1.61 bits per heavy atom. The van der Waals surface area contributed by atoms with Crippen molar-refractivity contribution in [2.75, 3.05) is 9.80 Å². The second-order valence-corrected chi connectivity index (χ2v) is 19.0. The molecule has 1 aliphatic carbocycles. The number of nitrogens with zero attached hydrogens (tertiary/aromatic N) is 3. The minimum Gasteiger partial charge on any atom is -0.313 e. The van der Waals surface area contributed by atoms with E-state index in [4.69, 9.17) is 0 Å². The van der Waals surface area contributed by atoms with Crippen LogP contribution in [-0.4, -0.2) is 0 Å². The molecule has 3 nitrogen and oxygen atoms in total. The first-order valence-corrected chi connectivity index (χ1v) is 21.1. The quantitative estimate of drug-likeness (QED) is 0.158. The summed E-state index contributed by atoms with van der Waals surface area (Å²) in [5, 5.41) is 17.2. The van der Waals surface area contributed by atoms with Crippen molar-refractivity contribution in [1.82, 2.24) is 0 Å². The van der Waals surface area contributed by atoms with E-state index in [1.807, 2.05) is 6.07 Å². The molecule has 0 saturated carbocycles. The lowest BCUT2D eigenvalue weighted by atomic mass is 9.86. The molecule has 59 heavy (non-hydrogen) atoms. The average molecular weight is 772 g/mol. The van der Waals surface area contributed by atoms with Crippen LogP contribution in [0.1, 0.15) is 96.6 Å². The first-order valence-electron chi connectivity index (χ1n) is 21.1. The number of allylic oxidation sites excluding steroid dienone is 4. The van der Waals surface area contributed by atoms with Crippen molar-refractivity contribution in [3.05, 3.63) is 172 Å². The molecule has 0 radical (unpaired) electrons. The summed E-state index contributed by atoms with van der Waals surface area (Å²) in [5.74, 6) is 0.306. The molecule has 296 valence electrons. The Balaban J connectivity index is 1.47. The lowest BCUT2D eigenvalue weighted by Crippen LogP contribution is -2.24. The molecular weight excluding hydrogens is 715 g/mol. The SMILES string of the molecule is CC1=C(C)CC(C)C(N(c2ccc(C(C)(C)C)cc2)c2cc3c4ccccc4c(N(c4ccc(C(C)(C)C)cc4)c4ccc(C)c(C)c4)cc3c3cc(C#N)ccc23)=C1. The maximum Gasteiger partial charge on any atom is 0.0991 e. The Bertz CT molecular complexity index is 2870. The highest BCUT2D eigenvalue weighted by atomic mass is 15.2. The number of hydrogen-bond acceptors (Lipinski definition) is 3. The predicted octanol–water partition coefficient (Wildman–Crippen LogP) is 16.1. The van der Waals surface area contributed by atoms with Gasteiger partial charge in [-0.1, -0.05) is 120 Å². The fraction of sp³-hybridized carbons (Fsp3) is 0.268. The smallest absolute Gasteiger partial charge is 0.0991 e. The lowest BCUT2D eigenvalue weighted by molar-refractivity contribution is 0.590. The Hall–Kier alpha value is -6.11. The molecule has 1 aliphatic rings. The molecular formula is C56H57N3. The normalized spacial score (nSPS) is 14.8. The van der Waals surface area contributed by atoms with Crippen molar-refractivity contribution in [3.63, 3.8) is 0 Å². The molecule has 0 aliphatic heterocycles. The third kappa shape index (κ3) is 7.31. The molecule has 8 rings (SSSR count). The number of rotatable bonds is 6. The summed E-state index contributed by atoms with van der Waals surface area (Å²) in [6.45, 7) is 24.8. The zero-order valence-electron chi connectivity index (χ0n) is 36.8. The highest BCUT2D eigenvalue weighted by Crippen LogP contribution is 2.49. The van der Waals surface area contributed by atoms with E-state index in [-0.39, 0.29) is 10.8 Å². The van der Waals surface area contributed by atoms with E-state index in [0.29, 0.717) is 11.5 Å². The van der Waals surface area contributed by atoms with Gasteiger partial charge in [0.1, 0.15) is 0 Å². The van der Waals surface area contributed by atoms with Gasteiger partial charge in [0, 0.05) is 39.4 Å². The van der Waals surface area contributed by atoms with E-state index in [1.165, 1.54) is 49.9 Å². The Kier molecular flexibility index (Phi) is 10.0. The van der Waals surface area contributed by atoms with Crippen molar-refractivity contribution in [2.24, 2.45) is 5.92 Å². The summed E-state index contributed by atoms with van der Waals surface area (Å²) >= 11 is 0. The van der Waals surface area contributed by atoms with Crippen LogP contribution in [0.3, 0.4) is 0 Å². The highest BCUT2D eigenvalue weighted by molar-refractivity contribution is 6.24.